The van der Waals surface area contributed by atoms with Gasteiger partial charge in [-0.05, 0) is 30.9 Å². The quantitative estimate of drug-likeness (QED) is 0.872. The molecule has 6 heteroatoms. The number of hydrogen-bond acceptors (Lipinski definition) is 5. The first-order chi connectivity index (χ1) is 12.3. The van der Waals surface area contributed by atoms with Gasteiger partial charge in [-0.2, -0.15) is 0 Å². The summed E-state index contributed by atoms with van der Waals surface area (Å²) in [5, 5.41) is 6.49. The van der Waals surface area contributed by atoms with Gasteiger partial charge in [0.25, 0.3) is 0 Å². The minimum absolute atomic E-state index is 0.0423. The molecule has 2 heterocycles. The monoisotopic (exact) mass is 345 g/mol. The highest BCUT2D eigenvalue weighted by atomic mass is 16.5. The first-order valence-electron chi connectivity index (χ1n) is 9.44. The summed E-state index contributed by atoms with van der Waals surface area (Å²) in [7, 11) is 0. The normalized spacial score (nSPS) is 24.2. The summed E-state index contributed by atoms with van der Waals surface area (Å²) in [5.74, 6) is 2.26. The van der Waals surface area contributed by atoms with E-state index in [4.69, 9.17) is 9.47 Å². The Kier molecular flexibility index (Phi) is 5.08. The summed E-state index contributed by atoms with van der Waals surface area (Å²) in [4.78, 5) is 14.9. The zero-order valence-corrected chi connectivity index (χ0v) is 14.6. The van der Waals surface area contributed by atoms with E-state index in [1.54, 1.807) is 0 Å². The van der Waals surface area contributed by atoms with Crippen molar-refractivity contribution in [3.8, 4) is 11.5 Å². The molecule has 1 amide bonds. The van der Waals surface area contributed by atoms with Gasteiger partial charge in [-0.1, -0.05) is 6.42 Å². The van der Waals surface area contributed by atoms with Crippen LogP contribution in [0, 0.1) is 5.92 Å². The van der Waals surface area contributed by atoms with Crippen molar-refractivity contribution in [3.05, 3.63) is 18.2 Å². The fraction of sp³-hybridized carbons (Fsp3) is 0.632. The summed E-state index contributed by atoms with van der Waals surface area (Å²) < 4.78 is 11.3. The highest BCUT2D eigenvalue weighted by molar-refractivity contribution is 5.92. The summed E-state index contributed by atoms with van der Waals surface area (Å²) in [5.41, 5.74) is 0.768. The van der Waals surface area contributed by atoms with Crippen molar-refractivity contribution in [2.24, 2.45) is 5.92 Å². The van der Waals surface area contributed by atoms with Crippen LogP contribution in [-0.2, 0) is 4.79 Å². The second-order valence-electron chi connectivity index (χ2n) is 7.19. The molecule has 0 spiro atoms. The number of rotatable bonds is 4. The van der Waals surface area contributed by atoms with Crippen molar-refractivity contribution in [1.82, 2.24) is 10.2 Å². The molecule has 1 aromatic carbocycles. The van der Waals surface area contributed by atoms with Gasteiger partial charge in [-0.3, -0.25) is 9.69 Å². The highest BCUT2D eigenvalue weighted by Gasteiger charge is 2.34. The Bertz CT molecular complexity index is 618. The van der Waals surface area contributed by atoms with E-state index in [0.717, 1.165) is 43.4 Å². The molecule has 6 nitrogen and oxygen atoms in total. The lowest BCUT2D eigenvalue weighted by Gasteiger charge is -2.43. The van der Waals surface area contributed by atoms with Gasteiger partial charge in [-0.15, -0.1) is 0 Å². The minimum atomic E-state index is 0.0423. The molecular formula is C19H27N3O3. The summed E-state index contributed by atoms with van der Waals surface area (Å²) in [6, 6.07) is 6.11. The van der Waals surface area contributed by atoms with E-state index in [1.807, 2.05) is 18.2 Å². The van der Waals surface area contributed by atoms with Gasteiger partial charge in [0.15, 0.2) is 11.5 Å². The largest absolute Gasteiger partial charge is 0.490 e. The lowest BCUT2D eigenvalue weighted by molar-refractivity contribution is -0.118. The molecule has 0 bridgehead atoms. The number of fused-ring (bicyclic) bond motifs is 1. The number of benzene rings is 1. The van der Waals surface area contributed by atoms with Crippen molar-refractivity contribution in [2.75, 3.05) is 44.7 Å². The Morgan fingerprint density at radius 1 is 1.20 bits per heavy atom. The van der Waals surface area contributed by atoms with Crippen molar-refractivity contribution in [2.45, 2.75) is 31.7 Å². The van der Waals surface area contributed by atoms with Gasteiger partial charge in [0.2, 0.25) is 5.91 Å². The molecule has 4 rings (SSSR count). The predicted octanol–water partition coefficient (Wildman–Crippen LogP) is 1.86. The number of anilines is 1. The fourth-order valence-corrected chi connectivity index (χ4v) is 3.88. The highest BCUT2D eigenvalue weighted by Crippen LogP contribution is 2.33. The number of piperazine rings is 1. The first-order valence-corrected chi connectivity index (χ1v) is 9.44. The molecule has 136 valence electrons. The second-order valence-corrected chi connectivity index (χ2v) is 7.19. The van der Waals surface area contributed by atoms with Crippen molar-refractivity contribution in [1.29, 1.82) is 0 Å². The zero-order chi connectivity index (χ0) is 17.1. The molecule has 2 N–H and O–H groups in total. The Morgan fingerprint density at radius 3 is 2.84 bits per heavy atom. The maximum atomic E-state index is 12.5. The van der Waals surface area contributed by atoms with Gasteiger partial charge in [0.05, 0.1) is 19.8 Å². The van der Waals surface area contributed by atoms with Gasteiger partial charge in [-0.25, -0.2) is 0 Å². The van der Waals surface area contributed by atoms with E-state index < -0.39 is 0 Å². The third-order valence-corrected chi connectivity index (χ3v) is 5.47. The van der Waals surface area contributed by atoms with Crippen molar-refractivity contribution < 1.29 is 14.3 Å². The maximum absolute atomic E-state index is 12.5. The Morgan fingerprint density at radius 2 is 2.04 bits per heavy atom. The maximum Gasteiger partial charge on any atom is 0.238 e. The van der Waals surface area contributed by atoms with Crippen LogP contribution in [0.4, 0.5) is 5.69 Å². The molecule has 1 saturated carbocycles. The average Bonchev–Trinajstić information content (AvgIpc) is 2.80. The smallest absolute Gasteiger partial charge is 0.238 e. The molecule has 25 heavy (non-hydrogen) atoms. The summed E-state index contributed by atoms with van der Waals surface area (Å²) in [6.45, 7) is 4.67. The van der Waals surface area contributed by atoms with Crippen LogP contribution in [0.15, 0.2) is 18.2 Å². The van der Waals surface area contributed by atoms with Crippen LogP contribution >= 0.6 is 0 Å². The van der Waals surface area contributed by atoms with Crippen molar-refractivity contribution >= 4 is 11.6 Å². The molecule has 1 saturated heterocycles. The third kappa shape index (κ3) is 3.90. The number of amides is 1. The molecule has 1 aliphatic carbocycles. The SMILES string of the molecule is O=C(CN1CCNCC1C1CCC1)Nc1ccc2c(c1)OCCCO2. The molecule has 3 aliphatic rings. The van der Waals surface area contributed by atoms with E-state index in [1.165, 1.54) is 19.3 Å². The molecule has 0 aromatic heterocycles. The number of nitrogens with one attached hydrogen (secondary N) is 2. The van der Waals surface area contributed by atoms with E-state index in [0.29, 0.717) is 31.5 Å². The summed E-state index contributed by atoms with van der Waals surface area (Å²) in [6.07, 6.45) is 4.81. The summed E-state index contributed by atoms with van der Waals surface area (Å²) >= 11 is 0. The van der Waals surface area contributed by atoms with Crippen LogP contribution < -0.4 is 20.1 Å². The Balaban J connectivity index is 1.37. The van der Waals surface area contributed by atoms with Gasteiger partial charge in [0, 0.05) is 43.9 Å². The number of carbonyl (C=O) groups is 1. The lowest BCUT2D eigenvalue weighted by atomic mass is 9.78. The molecule has 2 fully saturated rings. The van der Waals surface area contributed by atoms with Crippen LogP contribution in [0.25, 0.3) is 0 Å². The molecule has 1 atom stereocenters. The van der Waals surface area contributed by atoms with Crippen LogP contribution in [0.1, 0.15) is 25.7 Å². The van der Waals surface area contributed by atoms with Crippen LogP contribution in [-0.4, -0.2) is 56.2 Å². The van der Waals surface area contributed by atoms with E-state index >= 15 is 0 Å². The van der Waals surface area contributed by atoms with E-state index in [2.05, 4.69) is 15.5 Å². The standard InChI is InChI=1S/C19H27N3O3/c23-19(13-22-8-7-20-12-16(22)14-3-1-4-14)21-15-5-6-17-18(11-15)25-10-2-9-24-17/h5-6,11,14,16,20H,1-4,7-10,12-13H2,(H,21,23). The molecule has 0 radical (unpaired) electrons. The van der Waals surface area contributed by atoms with Gasteiger partial charge in [0.1, 0.15) is 0 Å². The Hall–Kier alpha value is -1.79. The first kappa shape index (κ1) is 16.7. The number of ether oxygens (including phenoxy) is 2. The molecule has 1 aromatic rings. The van der Waals surface area contributed by atoms with Crippen molar-refractivity contribution in [3.63, 3.8) is 0 Å². The molecular weight excluding hydrogens is 318 g/mol. The van der Waals surface area contributed by atoms with Gasteiger partial charge < -0.3 is 20.1 Å². The van der Waals surface area contributed by atoms with Crippen LogP contribution in [0.2, 0.25) is 0 Å². The minimum Gasteiger partial charge on any atom is -0.490 e. The molecule has 2 aliphatic heterocycles. The number of nitrogens with zero attached hydrogens (tertiary/aromatic N) is 1. The Labute approximate surface area is 148 Å². The van der Waals surface area contributed by atoms with E-state index in [9.17, 15) is 4.79 Å². The third-order valence-electron chi connectivity index (χ3n) is 5.47. The topological polar surface area (TPSA) is 62.8 Å². The number of carbonyl (C=O) groups excluding carboxylic acids is 1. The fourth-order valence-electron chi connectivity index (χ4n) is 3.88. The predicted molar refractivity (Wildman–Crippen MR) is 96.3 cm³/mol. The average molecular weight is 345 g/mol. The number of hydrogen-bond donors (Lipinski definition) is 2. The van der Waals surface area contributed by atoms with Gasteiger partial charge >= 0.3 is 0 Å². The van der Waals surface area contributed by atoms with Crippen LogP contribution in [0.5, 0.6) is 11.5 Å². The zero-order valence-electron chi connectivity index (χ0n) is 14.6. The van der Waals surface area contributed by atoms with Crippen LogP contribution in [0.3, 0.4) is 0 Å². The second kappa shape index (κ2) is 7.62. The lowest BCUT2D eigenvalue weighted by Crippen LogP contribution is -2.57. The molecule has 1 unspecified atom stereocenters. The van der Waals surface area contributed by atoms with E-state index in [-0.39, 0.29) is 5.91 Å².